The van der Waals surface area contributed by atoms with Gasteiger partial charge < -0.3 is 9.47 Å². The van der Waals surface area contributed by atoms with Crippen molar-refractivity contribution in [2.24, 2.45) is 0 Å². The van der Waals surface area contributed by atoms with Crippen molar-refractivity contribution in [3.63, 3.8) is 0 Å². The first-order valence-corrected chi connectivity index (χ1v) is 9.70. The molecule has 158 valence electrons. The molecular weight excluding hydrogens is 384 g/mol. The quantitative estimate of drug-likeness (QED) is 0.387. The Kier molecular flexibility index (Phi) is 8.62. The van der Waals surface area contributed by atoms with E-state index in [-0.39, 0.29) is 24.3 Å². The van der Waals surface area contributed by atoms with Crippen LogP contribution in [0.15, 0.2) is 67.3 Å². The standard InChI is InChI=1S/C23H26N2O5/c1-4-6-16-21(26)25(20-15-11-10-14-19(20)23(28)29-5-2)24-22(27)17(3)30-18-12-8-7-9-13-18/h4,7-15,17H,1,5-6,16H2,2-3H3,(H,24,27). The van der Waals surface area contributed by atoms with E-state index in [9.17, 15) is 14.4 Å². The van der Waals surface area contributed by atoms with Crippen molar-refractivity contribution in [3.8, 4) is 5.75 Å². The maximum Gasteiger partial charge on any atom is 0.340 e. The maximum atomic E-state index is 12.8. The summed E-state index contributed by atoms with van der Waals surface area (Å²) in [7, 11) is 0. The van der Waals surface area contributed by atoms with Gasteiger partial charge in [0.25, 0.3) is 5.91 Å². The first-order valence-electron chi connectivity index (χ1n) is 9.70. The molecule has 1 unspecified atom stereocenters. The van der Waals surface area contributed by atoms with Gasteiger partial charge in [-0.05, 0) is 44.5 Å². The lowest BCUT2D eigenvalue weighted by Crippen LogP contribution is -2.51. The first-order chi connectivity index (χ1) is 14.5. The number of carbonyl (C=O) groups excluding carboxylic acids is 3. The zero-order chi connectivity index (χ0) is 21.9. The number of hydrogen-bond acceptors (Lipinski definition) is 5. The predicted octanol–water partition coefficient (Wildman–Crippen LogP) is 3.66. The van der Waals surface area contributed by atoms with E-state index in [2.05, 4.69) is 12.0 Å². The van der Waals surface area contributed by atoms with Crippen LogP contribution < -0.4 is 15.2 Å². The van der Waals surface area contributed by atoms with Crippen molar-refractivity contribution >= 4 is 23.5 Å². The number of nitrogens with one attached hydrogen (secondary N) is 1. The number of amides is 2. The minimum absolute atomic E-state index is 0.106. The smallest absolute Gasteiger partial charge is 0.340 e. The van der Waals surface area contributed by atoms with E-state index in [1.54, 1.807) is 62.4 Å². The molecule has 0 fully saturated rings. The number of anilines is 1. The number of nitrogens with zero attached hydrogens (tertiary/aromatic N) is 1. The Morgan fingerprint density at radius 2 is 1.77 bits per heavy atom. The van der Waals surface area contributed by atoms with Gasteiger partial charge in [0.1, 0.15) is 5.75 Å². The summed E-state index contributed by atoms with van der Waals surface area (Å²) in [5.74, 6) is -0.995. The highest BCUT2D eigenvalue weighted by Crippen LogP contribution is 2.22. The third kappa shape index (κ3) is 6.20. The van der Waals surface area contributed by atoms with E-state index in [1.165, 1.54) is 6.07 Å². The maximum absolute atomic E-state index is 12.8. The molecule has 0 saturated carbocycles. The third-order valence-corrected chi connectivity index (χ3v) is 4.10. The fourth-order valence-electron chi connectivity index (χ4n) is 2.60. The van der Waals surface area contributed by atoms with Crippen LogP contribution in [0.2, 0.25) is 0 Å². The van der Waals surface area contributed by atoms with Crippen LogP contribution in [0.1, 0.15) is 37.0 Å². The average molecular weight is 410 g/mol. The highest BCUT2D eigenvalue weighted by atomic mass is 16.5. The van der Waals surface area contributed by atoms with Gasteiger partial charge >= 0.3 is 5.97 Å². The predicted molar refractivity (Wildman–Crippen MR) is 114 cm³/mol. The van der Waals surface area contributed by atoms with Crippen LogP contribution in [-0.4, -0.2) is 30.5 Å². The fraction of sp³-hybridized carbons (Fsp3) is 0.261. The highest BCUT2D eigenvalue weighted by Gasteiger charge is 2.26. The summed E-state index contributed by atoms with van der Waals surface area (Å²) in [6.45, 7) is 7.07. The Hall–Kier alpha value is -3.61. The zero-order valence-electron chi connectivity index (χ0n) is 17.2. The van der Waals surface area contributed by atoms with E-state index in [0.29, 0.717) is 12.2 Å². The molecule has 0 aliphatic rings. The molecule has 0 radical (unpaired) electrons. The molecule has 7 heteroatoms. The molecule has 0 saturated heterocycles. The molecule has 1 N–H and O–H groups in total. The minimum atomic E-state index is -0.878. The first kappa shape index (κ1) is 22.7. The van der Waals surface area contributed by atoms with E-state index in [1.807, 2.05) is 6.07 Å². The van der Waals surface area contributed by atoms with E-state index in [0.717, 1.165) is 5.01 Å². The van der Waals surface area contributed by atoms with E-state index in [4.69, 9.17) is 9.47 Å². The molecule has 2 rings (SSSR count). The van der Waals surface area contributed by atoms with Crippen LogP contribution in [0.4, 0.5) is 5.69 Å². The van der Waals surface area contributed by atoms with E-state index < -0.39 is 23.9 Å². The number of carbonyl (C=O) groups is 3. The Morgan fingerprint density at radius 3 is 2.43 bits per heavy atom. The van der Waals surface area contributed by atoms with Crippen molar-refractivity contribution in [3.05, 3.63) is 72.8 Å². The number of benzene rings is 2. The van der Waals surface area contributed by atoms with E-state index >= 15 is 0 Å². The summed E-state index contributed by atoms with van der Waals surface area (Å²) in [6, 6.07) is 15.3. The van der Waals surface area contributed by atoms with Crippen LogP contribution in [0, 0.1) is 0 Å². The molecule has 2 amide bonds. The molecule has 30 heavy (non-hydrogen) atoms. The Morgan fingerprint density at radius 1 is 1.10 bits per heavy atom. The molecule has 1 atom stereocenters. The molecular formula is C23H26N2O5. The molecule has 2 aromatic carbocycles. The van der Waals surface area contributed by atoms with Crippen LogP contribution >= 0.6 is 0 Å². The molecule has 2 aromatic rings. The molecule has 0 aliphatic carbocycles. The monoisotopic (exact) mass is 410 g/mol. The largest absolute Gasteiger partial charge is 0.481 e. The Balaban J connectivity index is 2.28. The van der Waals surface area contributed by atoms with Gasteiger partial charge in [-0.3, -0.25) is 15.0 Å². The van der Waals surface area contributed by atoms with Crippen molar-refractivity contribution in [1.82, 2.24) is 5.43 Å². The second-order valence-electron chi connectivity index (χ2n) is 6.34. The Bertz CT molecular complexity index is 882. The van der Waals surface area contributed by atoms with Crippen LogP contribution in [0.25, 0.3) is 0 Å². The van der Waals surface area contributed by atoms with Crippen molar-refractivity contribution in [1.29, 1.82) is 0 Å². The van der Waals surface area contributed by atoms with Gasteiger partial charge in [0.2, 0.25) is 5.91 Å². The van der Waals surface area contributed by atoms with Gasteiger partial charge in [-0.2, -0.15) is 0 Å². The van der Waals surface area contributed by atoms with Gasteiger partial charge in [-0.15, -0.1) is 6.58 Å². The van der Waals surface area contributed by atoms with Gasteiger partial charge in [0, 0.05) is 6.42 Å². The molecule has 0 bridgehead atoms. The van der Waals surface area contributed by atoms with Crippen LogP contribution in [0.5, 0.6) is 5.75 Å². The lowest BCUT2D eigenvalue weighted by Gasteiger charge is -2.26. The van der Waals surface area contributed by atoms with Crippen molar-refractivity contribution in [2.45, 2.75) is 32.8 Å². The number of ether oxygens (including phenoxy) is 2. The van der Waals surface area contributed by atoms with Crippen LogP contribution in [-0.2, 0) is 14.3 Å². The summed E-state index contributed by atoms with van der Waals surface area (Å²) in [5.41, 5.74) is 2.97. The van der Waals surface area contributed by atoms with Gasteiger partial charge in [0.15, 0.2) is 6.10 Å². The summed E-state index contributed by atoms with van der Waals surface area (Å²) in [4.78, 5) is 37.9. The summed E-state index contributed by atoms with van der Waals surface area (Å²) < 4.78 is 10.7. The number of para-hydroxylation sites is 2. The molecule has 7 nitrogen and oxygen atoms in total. The third-order valence-electron chi connectivity index (χ3n) is 4.10. The second-order valence-corrected chi connectivity index (χ2v) is 6.34. The number of hydrogen-bond donors (Lipinski definition) is 1. The molecule has 0 heterocycles. The Labute approximate surface area is 176 Å². The molecule has 0 aliphatic heterocycles. The van der Waals surface area contributed by atoms with Gasteiger partial charge in [-0.25, -0.2) is 9.80 Å². The lowest BCUT2D eigenvalue weighted by molar-refractivity contribution is -0.130. The summed E-state index contributed by atoms with van der Waals surface area (Å²) >= 11 is 0. The summed E-state index contributed by atoms with van der Waals surface area (Å²) in [6.07, 6.45) is 1.26. The fourth-order valence-corrected chi connectivity index (χ4v) is 2.60. The van der Waals surface area contributed by atoms with Gasteiger partial charge in [-0.1, -0.05) is 36.4 Å². The molecule has 0 aromatic heterocycles. The molecule has 0 spiro atoms. The van der Waals surface area contributed by atoms with Gasteiger partial charge in [0.05, 0.1) is 17.9 Å². The van der Waals surface area contributed by atoms with Crippen molar-refractivity contribution in [2.75, 3.05) is 11.6 Å². The normalized spacial score (nSPS) is 11.1. The number of hydrazine groups is 1. The van der Waals surface area contributed by atoms with Crippen molar-refractivity contribution < 1.29 is 23.9 Å². The number of allylic oxidation sites excluding steroid dienone is 1. The number of esters is 1. The zero-order valence-corrected chi connectivity index (χ0v) is 17.2. The summed E-state index contributed by atoms with van der Waals surface area (Å²) in [5, 5.41) is 1.07. The minimum Gasteiger partial charge on any atom is -0.481 e. The average Bonchev–Trinajstić information content (AvgIpc) is 2.76. The lowest BCUT2D eigenvalue weighted by atomic mass is 10.1. The topological polar surface area (TPSA) is 84.9 Å². The highest BCUT2D eigenvalue weighted by molar-refractivity contribution is 6.04. The second kappa shape index (κ2) is 11.4. The SMILES string of the molecule is C=CCCC(=O)N(NC(=O)C(C)Oc1ccccc1)c1ccccc1C(=O)OCC. The van der Waals surface area contributed by atoms with Crippen LogP contribution in [0.3, 0.4) is 0 Å². The number of rotatable bonds is 9.